The van der Waals surface area contributed by atoms with Crippen LogP contribution in [0.3, 0.4) is 0 Å². The summed E-state index contributed by atoms with van der Waals surface area (Å²) in [5.74, 6) is 2.56. The van der Waals surface area contributed by atoms with Crippen molar-refractivity contribution in [2.45, 2.75) is 42.6 Å². The van der Waals surface area contributed by atoms with Gasteiger partial charge < -0.3 is 10.4 Å². The molecule has 4 heteroatoms. The van der Waals surface area contributed by atoms with E-state index in [1.807, 2.05) is 11.8 Å². The maximum atomic E-state index is 11.5. The Bertz CT molecular complexity index is 354. The van der Waals surface area contributed by atoms with Gasteiger partial charge in [-0.15, -0.1) is 11.8 Å². The van der Waals surface area contributed by atoms with Crippen molar-refractivity contribution >= 4 is 17.7 Å². The molecule has 0 aromatic carbocycles. The van der Waals surface area contributed by atoms with E-state index in [1.165, 1.54) is 12.8 Å². The molecule has 2 N–H and O–H groups in total. The number of rotatable bonds is 0. The average molecular weight is 239 g/mol. The van der Waals surface area contributed by atoms with Crippen LogP contribution in [-0.2, 0) is 4.79 Å². The second-order valence-electron chi connectivity index (χ2n) is 6.20. The number of thioether (sulfide) groups is 1. The molecule has 1 saturated heterocycles. The topological polar surface area (TPSA) is 49.3 Å². The summed E-state index contributed by atoms with van der Waals surface area (Å²) in [5.41, 5.74) is -0.393. The van der Waals surface area contributed by atoms with Gasteiger partial charge in [0, 0.05) is 0 Å². The molecule has 0 aromatic heterocycles. The maximum Gasteiger partial charge on any atom is 0.231 e. The van der Waals surface area contributed by atoms with Crippen LogP contribution in [0.4, 0.5) is 0 Å². The average Bonchev–Trinajstić information content (AvgIpc) is 2.56. The Morgan fingerprint density at radius 3 is 2.44 bits per heavy atom. The molecule has 3 nitrogen and oxygen atoms in total. The second kappa shape index (κ2) is 2.78. The van der Waals surface area contributed by atoms with Crippen LogP contribution < -0.4 is 5.32 Å². The SMILES string of the molecule is O=C1CSC2(N1)[C@@H]1CC3C[C@@H]2CC(O)(C3)C1. The molecule has 4 saturated carbocycles. The number of carbonyl (C=O) groups excluding carboxylic acids is 1. The van der Waals surface area contributed by atoms with Gasteiger partial charge in [-0.25, -0.2) is 0 Å². The summed E-state index contributed by atoms with van der Waals surface area (Å²) in [4.78, 5) is 11.5. The quantitative estimate of drug-likeness (QED) is 0.666. The highest BCUT2D eigenvalue weighted by Crippen LogP contribution is 2.63. The molecule has 1 spiro atoms. The van der Waals surface area contributed by atoms with Gasteiger partial charge in [-0.3, -0.25) is 4.79 Å². The lowest BCUT2D eigenvalue weighted by Gasteiger charge is -2.62. The Labute approximate surface area is 99.4 Å². The van der Waals surface area contributed by atoms with Crippen molar-refractivity contribution < 1.29 is 9.90 Å². The predicted molar refractivity (Wildman–Crippen MR) is 61.8 cm³/mol. The minimum absolute atomic E-state index is 0.000231. The van der Waals surface area contributed by atoms with Crippen molar-refractivity contribution in [1.29, 1.82) is 0 Å². The molecule has 0 radical (unpaired) electrons. The Morgan fingerprint density at radius 1 is 1.25 bits per heavy atom. The van der Waals surface area contributed by atoms with E-state index >= 15 is 0 Å². The summed E-state index contributed by atoms with van der Waals surface area (Å²) in [5, 5.41) is 13.7. The summed E-state index contributed by atoms with van der Waals surface area (Å²) in [7, 11) is 0. The van der Waals surface area contributed by atoms with Crippen LogP contribution >= 0.6 is 11.8 Å². The molecule has 5 rings (SSSR count). The van der Waals surface area contributed by atoms with Crippen LogP contribution in [0.25, 0.3) is 0 Å². The minimum Gasteiger partial charge on any atom is -0.390 e. The van der Waals surface area contributed by atoms with Gasteiger partial charge >= 0.3 is 0 Å². The second-order valence-corrected chi connectivity index (χ2v) is 7.45. The van der Waals surface area contributed by atoms with Crippen LogP contribution in [0.2, 0.25) is 0 Å². The van der Waals surface area contributed by atoms with E-state index in [0.29, 0.717) is 23.5 Å². The van der Waals surface area contributed by atoms with Crippen molar-refractivity contribution in [2.24, 2.45) is 17.8 Å². The highest BCUT2D eigenvalue weighted by atomic mass is 32.2. The molecule has 4 aliphatic carbocycles. The summed E-state index contributed by atoms with van der Waals surface area (Å²) in [6, 6.07) is 0. The van der Waals surface area contributed by atoms with Crippen molar-refractivity contribution in [1.82, 2.24) is 5.32 Å². The number of hydrogen-bond acceptors (Lipinski definition) is 3. The molecule has 2 atom stereocenters. The van der Waals surface area contributed by atoms with Gasteiger partial charge in [0.1, 0.15) is 0 Å². The number of hydrogen-bond donors (Lipinski definition) is 2. The van der Waals surface area contributed by atoms with Crippen molar-refractivity contribution in [3.8, 4) is 0 Å². The monoisotopic (exact) mass is 239 g/mol. The van der Waals surface area contributed by atoms with Gasteiger partial charge in [0.05, 0.1) is 16.2 Å². The molecular formula is C12H17NO2S. The first-order valence-electron chi connectivity index (χ1n) is 6.27. The van der Waals surface area contributed by atoms with Gasteiger partial charge in [0.15, 0.2) is 0 Å². The van der Waals surface area contributed by atoms with Gasteiger partial charge in [-0.05, 0) is 49.9 Å². The number of carbonyl (C=O) groups is 1. The molecule has 1 amide bonds. The van der Waals surface area contributed by atoms with E-state index in [0.717, 1.165) is 19.3 Å². The zero-order chi connectivity index (χ0) is 11.0. The molecule has 4 bridgehead atoms. The molecule has 16 heavy (non-hydrogen) atoms. The Balaban J connectivity index is 1.74. The third-order valence-corrected chi connectivity index (χ3v) is 6.80. The molecule has 5 aliphatic rings. The number of nitrogens with one attached hydrogen (secondary N) is 1. The Kier molecular flexibility index (Phi) is 1.70. The third-order valence-electron chi connectivity index (χ3n) is 5.15. The molecule has 0 aromatic rings. The lowest BCUT2D eigenvalue weighted by atomic mass is 9.52. The van der Waals surface area contributed by atoms with Crippen molar-refractivity contribution in [3.05, 3.63) is 0 Å². The largest absolute Gasteiger partial charge is 0.390 e. The first-order chi connectivity index (χ1) is 7.60. The van der Waals surface area contributed by atoms with E-state index in [2.05, 4.69) is 5.32 Å². The van der Waals surface area contributed by atoms with E-state index in [4.69, 9.17) is 0 Å². The number of aliphatic hydroxyl groups is 1. The minimum atomic E-state index is -0.393. The van der Waals surface area contributed by atoms with Gasteiger partial charge in [0.25, 0.3) is 0 Å². The molecule has 88 valence electrons. The summed E-state index contributed by atoms with van der Waals surface area (Å²) in [6.45, 7) is 0. The Hall–Kier alpha value is -0.220. The van der Waals surface area contributed by atoms with Gasteiger partial charge in [-0.1, -0.05) is 0 Å². The van der Waals surface area contributed by atoms with Crippen LogP contribution in [0.15, 0.2) is 0 Å². The summed E-state index contributed by atoms with van der Waals surface area (Å²) < 4.78 is 0. The highest BCUT2D eigenvalue weighted by Gasteiger charge is 2.64. The molecular weight excluding hydrogens is 222 g/mol. The Morgan fingerprint density at radius 2 is 1.94 bits per heavy atom. The summed E-state index contributed by atoms with van der Waals surface area (Å²) >= 11 is 1.82. The smallest absolute Gasteiger partial charge is 0.231 e. The van der Waals surface area contributed by atoms with Crippen molar-refractivity contribution in [2.75, 3.05) is 5.75 Å². The van der Waals surface area contributed by atoms with Crippen LogP contribution in [0, 0.1) is 17.8 Å². The fourth-order valence-corrected chi connectivity index (χ4v) is 6.30. The van der Waals surface area contributed by atoms with E-state index in [-0.39, 0.29) is 10.8 Å². The zero-order valence-electron chi connectivity index (χ0n) is 9.24. The van der Waals surface area contributed by atoms with Crippen LogP contribution in [0.1, 0.15) is 32.1 Å². The predicted octanol–water partition coefficient (Wildman–Crippen LogP) is 1.12. The standard InChI is InChI=1S/C12H17NO2S/c14-10-6-16-12(13-10)8-1-7-2-9(12)5-11(15,3-7)4-8/h7-9,15H,1-6H2,(H,13,14)/t7?,8-,9-,11?,12?/m1/s1. The third kappa shape index (κ3) is 1.07. The fraction of sp³-hybridized carbons (Fsp3) is 0.917. The maximum absolute atomic E-state index is 11.5. The van der Waals surface area contributed by atoms with E-state index < -0.39 is 5.60 Å². The lowest BCUT2D eigenvalue weighted by molar-refractivity contribution is -0.150. The molecule has 1 heterocycles. The van der Waals surface area contributed by atoms with Gasteiger partial charge in [-0.2, -0.15) is 0 Å². The summed E-state index contributed by atoms with van der Waals surface area (Å²) in [6.07, 6.45) is 5.26. The van der Waals surface area contributed by atoms with Gasteiger partial charge in [0.2, 0.25) is 5.91 Å². The molecule has 5 fully saturated rings. The highest BCUT2D eigenvalue weighted by molar-refractivity contribution is 8.01. The molecule has 0 unspecified atom stereocenters. The first-order valence-corrected chi connectivity index (χ1v) is 7.26. The lowest BCUT2D eigenvalue weighted by Crippen LogP contribution is -2.66. The van der Waals surface area contributed by atoms with Crippen LogP contribution in [-0.4, -0.2) is 27.2 Å². The van der Waals surface area contributed by atoms with E-state index in [9.17, 15) is 9.90 Å². The van der Waals surface area contributed by atoms with Crippen molar-refractivity contribution in [3.63, 3.8) is 0 Å². The molecule has 1 aliphatic heterocycles. The normalized spacial score (nSPS) is 58.3. The van der Waals surface area contributed by atoms with E-state index in [1.54, 1.807) is 0 Å². The number of amides is 1. The zero-order valence-corrected chi connectivity index (χ0v) is 10.1. The van der Waals surface area contributed by atoms with Crippen LogP contribution in [0.5, 0.6) is 0 Å². The fourth-order valence-electron chi connectivity index (χ4n) is 4.84. The first kappa shape index (κ1) is 9.77.